The summed E-state index contributed by atoms with van der Waals surface area (Å²) < 4.78 is 0. The zero-order valence-corrected chi connectivity index (χ0v) is 23.9. The first-order chi connectivity index (χ1) is 20.1. The lowest BCUT2D eigenvalue weighted by molar-refractivity contribution is -0.127. The summed E-state index contributed by atoms with van der Waals surface area (Å²) in [5.41, 5.74) is 5.27. The van der Waals surface area contributed by atoms with Crippen LogP contribution in [0.1, 0.15) is 97.3 Å². The molecule has 2 saturated carbocycles. The molecule has 0 radical (unpaired) electrons. The molecule has 3 fully saturated rings. The van der Waals surface area contributed by atoms with E-state index in [9.17, 15) is 4.79 Å². The number of rotatable bonds is 4. The Labute approximate surface area is 245 Å². The van der Waals surface area contributed by atoms with Crippen molar-refractivity contribution in [2.45, 2.75) is 86.1 Å². The Hall–Kier alpha value is -3.49. The maximum atomic E-state index is 13.9. The van der Waals surface area contributed by atoms with Gasteiger partial charge in [-0.25, -0.2) is 0 Å². The van der Waals surface area contributed by atoms with Crippen LogP contribution in [0.25, 0.3) is 0 Å². The number of carbonyl (C=O) groups excluding carboxylic acids is 1. The molecule has 7 rings (SSSR count). The van der Waals surface area contributed by atoms with E-state index in [1.165, 1.54) is 22.3 Å². The Morgan fingerprint density at radius 3 is 0.976 bits per heavy atom. The average molecular weight is 540 g/mol. The monoisotopic (exact) mass is 539 g/mol. The van der Waals surface area contributed by atoms with Crippen molar-refractivity contribution < 1.29 is 4.79 Å². The summed E-state index contributed by atoms with van der Waals surface area (Å²) in [7, 11) is 0. The van der Waals surface area contributed by atoms with Crippen molar-refractivity contribution in [3.05, 3.63) is 144 Å². The highest BCUT2D eigenvalue weighted by atomic mass is 16.1. The van der Waals surface area contributed by atoms with Crippen LogP contribution in [0.4, 0.5) is 0 Å². The summed E-state index contributed by atoms with van der Waals surface area (Å²) in [5.74, 6) is 2.19. The van der Waals surface area contributed by atoms with Gasteiger partial charge < -0.3 is 5.32 Å². The summed E-state index contributed by atoms with van der Waals surface area (Å²) in [6, 6.07) is 44.2. The number of Topliss-reactive ketones (excluding diaryl/α,β-unsaturated/α-hetero) is 1. The van der Waals surface area contributed by atoms with Gasteiger partial charge in [0.2, 0.25) is 0 Å². The molecule has 4 unspecified atom stereocenters. The molecule has 1 aliphatic heterocycles. The largest absolute Gasteiger partial charge is 0.305 e. The van der Waals surface area contributed by atoms with E-state index in [0.29, 0.717) is 42.3 Å². The second kappa shape index (κ2) is 11.1. The first-order valence-electron chi connectivity index (χ1n) is 15.6. The van der Waals surface area contributed by atoms with Gasteiger partial charge in [-0.05, 0) is 84.5 Å². The van der Waals surface area contributed by atoms with Crippen LogP contribution in [0.15, 0.2) is 121 Å². The molecule has 208 valence electrons. The van der Waals surface area contributed by atoms with Gasteiger partial charge in [0.15, 0.2) is 0 Å². The van der Waals surface area contributed by atoms with Crippen molar-refractivity contribution in [2.24, 2.45) is 0 Å². The summed E-state index contributed by atoms with van der Waals surface area (Å²) in [6.45, 7) is 0. The second-order valence-electron chi connectivity index (χ2n) is 13.3. The van der Waals surface area contributed by atoms with E-state index in [0.717, 1.165) is 38.5 Å². The average Bonchev–Trinajstić information content (AvgIpc) is 3.02. The highest BCUT2D eigenvalue weighted by molar-refractivity contribution is 5.82. The van der Waals surface area contributed by atoms with Gasteiger partial charge >= 0.3 is 0 Å². The molecule has 41 heavy (non-hydrogen) atoms. The molecular weight excluding hydrogens is 498 g/mol. The minimum absolute atomic E-state index is 0.186. The summed E-state index contributed by atoms with van der Waals surface area (Å²) in [5, 5.41) is 4.39. The molecule has 4 aromatic rings. The minimum Gasteiger partial charge on any atom is -0.305 e. The Kier molecular flexibility index (Phi) is 7.13. The van der Waals surface area contributed by atoms with Crippen LogP contribution in [-0.2, 0) is 4.79 Å². The zero-order valence-electron chi connectivity index (χ0n) is 23.9. The van der Waals surface area contributed by atoms with E-state index in [-0.39, 0.29) is 11.1 Å². The van der Waals surface area contributed by atoms with E-state index in [4.69, 9.17) is 0 Å². The number of hydrogen-bond donors (Lipinski definition) is 1. The molecule has 2 aliphatic carbocycles. The smallest absolute Gasteiger partial charge is 0.136 e. The normalized spacial score (nSPS) is 31.8. The molecule has 1 N–H and O–H groups in total. The number of carbonyl (C=O) groups is 1. The van der Waals surface area contributed by atoms with E-state index < -0.39 is 0 Å². The number of hydrogen-bond acceptors (Lipinski definition) is 2. The first-order valence-corrected chi connectivity index (χ1v) is 15.6. The quantitative estimate of drug-likeness (QED) is 0.280. The highest BCUT2D eigenvalue weighted by Gasteiger charge is 2.53. The predicted molar refractivity (Wildman–Crippen MR) is 167 cm³/mol. The van der Waals surface area contributed by atoms with Crippen molar-refractivity contribution in [1.82, 2.24) is 5.32 Å². The molecule has 4 atom stereocenters. The predicted octanol–water partition coefficient (Wildman–Crippen LogP) is 8.92. The van der Waals surface area contributed by atoms with Gasteiger partial charge in [-0.3, -0.25) is 4.79 Å². The van der Waals surface area contributed by atoms with E-state index in [2.05, 4.69) is 127 Å². The lowest BCUT2D eigenvalue weighted by Crippen LogP contribution is -2.66. The molecule has 4 aromatic carbocycles. The lowest BCUT2D eigenvalue weighted by Gasteiger charge is -2.57. The van der Waals surface area contributed by atoms with Crippen LogP contribution >= 0.6 is 0 Å². The van der Waals surface area contributed by atoms with Gasteiger partial charge in [0, 0.05) is 23.9 Å². The van der Waals surface area contributed by atoms with Gasteiger partial charge in [-0.1, -0.05) is 121 Å². The molecule has 2 nitrogen and oxygen atoms in total. The lowest BCUT2D eigenvalue weighted by atomic mass is 9.58. The first kappa shape index (κ1) is 26.4. The SMILES string of the molecule is O=C1CC2(CC(c3ccccc3)CC(c3ccccc3)C2)NC2(C1)CC(c1ccccc1)CC(c1ccccc1)C2. The summed E-state index contributed by atoms with van der Waals surface area (Å²) >= 11 is 0. The Morgan fingerprint density at radius 2 is 0.707 bits per heavy atom. The molecule has 2 heteroatoms. The van der Waals surface area contributed by atoms with Gasteiger partial charge in [0.1, 0.15) is 5.78 Å². The Balaban J connectivity index is 1.27. The fourth-order valence-corrected chi connectivity index (χ4v) is 8.95. The van der Waals surface area contributed by atoms with Crippen molar-refractivity contribution in [1.29, 1.82) is 0 Å². The van der Waals surface area contributed by atoms with Crippen LogP contribution in [0.5, 0.6) is 0 Å². The summed E-state index contributed by atoms with van der Waals surface area (Å²) in [4.78, 5) is 13.9. The number of piperidine rings is 1. The molecule has 3 aliphatic rings. The van der Waals surface area contributed by atoms with Gasteiger partial charge in [0.25, 0.3) is 0 Å². The third kappa shape index (κ3) is 5.55. The second-order valence-corrected chi connectivity index (χ2v) is 13.3. The fourth-order valence-electron chi connectivity index (χ4n) is 8.95. The van der Waals surface area contributed by atoms with Crippen LogP contribution in [0, 0.1) is 0 Å². The van der Waals surface area contributed by atoms with Crippen LogP contribution in [-0.4, -0.2) is 16.9 Å². The Morgan fingerprint density at radius 1 is 0.439 bits per heavy atom. The van der Waals surface area contributed by atoms with Crippen molar-refractivity contribution >= 4 is 5.78 Å². The van der Waals surface area contributed by atoms with Gasteiger partial charge in [-0.15, -0.1) is 0 Å². The molecule has 0 amide bonds. The van der Waals surface area contributed by atoms with Gasteiger partial charge in [-0.2, -0.15) is 0 Å². The van der Waals surface area contributed by atoms with E-state index >= 15 is 0 Å². The molecule has 1 saturated heterocycles. The third-order valence-corrected chi connectivity index (χ3v) is 10.4. The maximum absolute atomic E-state index is 13.9. The number of benzene rings is 4. The zero-order chi connectivity index (χ0) is 27.7. The molecular formula is C39H41NO. The minimum atomic E-state index is -0.186. The fraction of sp³-hybridized carbons (Fsp3) is 0.359. The molecule has 0 aromatic heterocycles. The maximum Gasteiger partial charge on any atom is 0.136 e. The topological polar surface area (TPSA) is 29.1 Å². The Bertz CT molecular complexity index is 1240. The summed E-state index contributed by atoms with van der Waals surface area (Å²) in [6.07, 6.45) is 7.68. The van der Waals surface area contributed by atoms with E-state index in [1.54, 1.807) is 0 Å². The van der Waals surface area contributed by atoms with Crippen molar-refractivity contribution in [3.63, 3.8) is 0 Å². The molecule has 1 heterocycles. The highest BCUT2D eigenvalue weighted by Crippen LogP contribution is 2.54. The van der Waals surface area contributed by atoms with Crippen molar-refractivity contribution in [3.8, 4) is 0 Å². The van der Waals surface area contributed by atoms with Crippen LogP contribution in [0.3, 0.4) is 0 Å². The number of ketones is 1. The molecule has 2 spiro atoms. The van der Waals surface area contributed by atoms with Crippen LogP contribution in [0.2, 0.25) is 0 Å². The number of nitrogens with one attached hydrogen (secondary N) is 1. The van der Waals surface area contributed by atoms with E-state index in [1.807, 2.05) is 0 Å². The van der Waals surface area contributed by atoms with Crippen LogP contribution < -0.4 is 5.32 Å². The van der Waals surface area contributed by atoms with Crippen molar-refractivity contribution in [2.75, 3.05) is 0 Å². The standard InChI is InChI=1S/C39H41NO/c41-37-27-38(23-33(29-13-5-1-6-14-29)21-34(24-38)30-15-7-2-8-16-30)40-39(28-37)25-35(31-17-9-3-10-18-31)22-36(26-39)32-19-11-4-12-20-32/h1-20,33-36,40H,21-28H2. The third-order valence-electron chi connectivity index (χ3n) is 10.4. The van der Waals surface area contributed by atoms with Gasteiger partial charge in [0.05, 0.1) is 0 Å². The molecule has 0 bridgehead atoms.